The van der Waals surface area contributed by atoms with E-state index in [0.717, 1.165) is 0 Å². The van der Waals surface area contributed by atoms with Gasteiger partial charge in [0, 0.05) is 18.1 Å². The van der Waals surface area contributed by atoms with Crippen LogP contribution >= 0.6 is 0 Å². The van der Waals surface area contributed by atoms with E-state index in [1.54, 1.807) is 42.6 Å². The van der Waals surface area contributed by atoms with E-state index in [1.807, 2.05) is 6.92 Å². The third kappa shape index (κ3) is 3.78. The number of hydrogen-bond acceptors (Lipinski definition) is 7. The Hall–Kier alpha value is -4.20. The molecule has 3 aromatic rings. The van der Waals surface area contributed by atoms with Gasteiger partial charge in [0.25, 0.3) is 5.91 Å². The summed E-state index contributed by atoms with van der Waals surface area (Å²) in [6, 6.07) is 11.7. The van der Waals surface area contributed by atoms with Crippen molar-refractivity contribution >= 4 is 23.3 Å². The van der Waals surface area contributed by atoms with Crippen LogP contribution < -0.4 is 4.90 Å². The number of ether oxygens (including phenoxy) is 1. The second-order valence-corrected chi connectivity index (χ2v) is 7.12. The number of ketones is 1. The second-order valence-electron chi connectivity index (χ2n) is 7.12. The number of aliphatic hydroxyl groups excluding tert-OH is 1. The van der Waals surface area contributed by atoms with Gasteiger partial charge in [-0.2, -0.15) is 0 Å². The molecule has 1 N–H and O–H groups in total. The zero-order chi connectivity index (χ0) is 22.7. The lowest BCUT2D eigenvalue weighted by molar-refractivity contribution is -0.117. The minimum atomic E-state index is -0.962. The quantitative estimate of drug-likeness (QED) is 0.443. The van der Waals surface area contributed by atoms with E-state index in [2.05, 4.69) is 4.98 Å². The number of aliphatic hydroxyl groups is 1. The number of Topliss-reactive ketones (excluding diaryl/α,β-unsaturated/α-hetero) is 1. The van der Waals surface area contributed by atoms with Gasteiger partial charge in [0.05, 0.1) is 30.0 Å². The molecule has 0 saturated heterocycles. The number of amides is 1. The third-order valence-electron chi connectivity index (χ3n) is 5.00. The number of nitrogens with zero attached hydrogens (tertiary/aromatic N) is 2. The van der Waals surface area contributed by atoms with Crippen molar-refractivity contribution < 1.29 is 28.6 Å². The summed E-state index contributed by atoms with van der Waals surface area (Å²) in [5, 5.41) is 10.7. The molecule has 4 rings (SSSR count). The number of benzene rings is 1. The lowest BCUT2D eigenvalue weighted by atomic mass is 9.96. The average molecular weight is 432 g/mol. The summed E-state index contributed by atoms with van der Waals surface area (Å²) in [5.74, 6) is -2.60. The number of furan rings is 1. The van der Waals surface area contributed by atoms with Crippen LogP contribution in [0.2, 0.25) is 0 Å². The molecule has 1 amide bonds. The van der Waals surface area contributed by atoms with Gasteiger partial charge in [0.2, 0.25) is 5.78 Å². The van der Waals surface area contributed by atoms with Crippen molar-refractivity contribution in [2.45, 2.75) is 19.4 Å². The van der Waals surface area contributed by atoms with Gasteiger partial charge < -0.3 is 14.3 Å². The van der Waals surface area contributed by atoms with Crippen LogP contribution in [-0.2, 0) is 9.53 Å². The molecular formula is C24H20N2O6. The highest BCUT2D eigenvalue weighted by atomic mass is 16.5. The molecule has 0 bridgehead atoms. The molecule has 0 saturated carbocycles. The maximum absolute atomic E-state index is 13.1. The van der Waals surface area contributed by atoms with Gasteiger partial charge in [-0.25, -0.2) is 4.79 Å². The molecule has 3 heterocycles. The third-order valence-corrected chi connectivity index (χ3v) is 5.00. The van der Waals surface area contributed by atoms with E-state index in [4.69, 9.17) is 9.15 Å². The van der Waals surface area contributed by atoms with Crippen LogP contribution in [0, 0.1) is 0 Å². The summed E-state index contributed by atoms with van der Waals surface area (Å²) < 4.78 is 10.4. The van der Waals surface area contributed by atoms with E-state index < -0.39 is 29.5 Å². The first-order valence-electron chi connectivity index (χ1n) is 10.0. The molecule has 0 fully saturated rings. The highest BCUT2D eigenvalue weighted by Gasteiger charge is 2.45. The summed E-state index contributed by atoms with van der Waals surface area (Å²) in [6.45, 7) is 2.16. The number of hydrogen-bond donors (Lipinski definition) is 1. The van der Waals surface area contributed by atoms with Gasteiger partial charge in [0.15, 0.2) is 11.5 Å². The van der Waals surface area contributed by atoms with Gasteiger partial charge in [-0.1, -0.05) is 19.1 Å². The molecule has 32 heavy (non-hydrogen) atoms. The van der Waals surface area contributed by atoms with Gasteiger partial charge >= 0.3 is 5.97 Å². The van der Waals surface area contributed by atoms with E-state index in [0.29, 0.717) is 17.7 Å². The van der Waals surface area contributed by atoms with Crippen molar-refractivity contribution in [2.75, 3.05) is 11.5 Å². The molecule has 1 aromatic carbocycles. The van der Waals surface area contributed by atoms with Crippen molar-refractivity contribution in [1.29, 1.82) is 0 Å². The zero-order valence-corrected chi connectivity index (χ0v) is 17.2. The molecule has 1 unspecified atom stereocenters. The molecule has 162 valence electrons. The molecule has 8 nitrogen and oxygen atoms in total. The highest BCUT2D eigenvalue weighted by molar-refractivity contribution is 6.20. The number of esters is 1. The first-order valence-corrected chi connectivity index (χ1v) is 10.0. The fourth-order valence-electron chi connectivity index (χ4n) is 3.56. The van der Waals surface area contributed by atoms with E-state index in [9.17, 15) is 19.5 Å². The Morgan fingerprint density at radius 2 is 2.03 bits per heavy atom. The fraction of sp³-hybridized carbons (Fsp3) is 0.167. The van der Waals surface area contributed by atoms with Crippen molar-refractivity contribution in [3.63, 3.8) is 0 Å². The topological polar surface area (TPSA) is 110 Å². The predicted molar refractivity (Wildman–Crippen MR) is 114 cm³/mol. The summed E-state index contributed by atoms with van der Waals surface area (Å²) in [7, 11) is 0. The first-order chi connectivity index (χ1) is 15.5. The number of rotatable bonds is 7. The lowest BCUT2D eigenvalue weighted by Gasteiger charge is -2.26. The average Bonchev–Trinajstić information content (AvgIpc) is 3.45. The van der Waals surface area contributed by atoms with E-state index in [-0.39, 0.29) is 23.5 Å². The van der Waals surface area contributed by atoms with Crippen LogP contribution in [0.25, 0.3) is 0 Å². The predicted octanol–water partition coefficient (Wildman–Crippen LogP) is 4.02. The standard InChI is InChI=1S/C24H20N2O6/c1-2-11-32-24(30)15-6-3-8-17(13-15)26-20(16-7-4-10-25-14-16)19(22(28)23(26)29)21(27)18-9-5-12-31-18/h3-10,12-14,20,28H,2,11H2,1H3. The lowest BCUT2D eigenvalue weighted by Crippen LogP contribution is -2.31. The summed E-state index contributed by atoms with van der Waals surface area (Å²) >= 11 is 0. The molecular weight excluding hydrogens is 412 g/mol. The summed E-state index contributed by atoms with van der Waals surface area (Å²) in [5.41, 5.74) is 0.957. The SMILES string of the molecule is CCCOC(=O)c1cccc(N2C(=O)C(O)=C(C(=O)c3ccco3)C2c2cccnc2)c1. The van der Waals surface area contributed by atoms with Crippen LogP contribution in [0.1, 0.15) is 45.9 Å². The molecule has 0 spiro atoms. The minimum absolute atomic E-state index is 0.00742. The summed E-state index contributed by atoms with van der Waals surface area (Å²) in [6.07, 6.45) is 5.09. The Morgan fingerprint density at radius 1 is 1.19 bits per heavy atom. The monoisotopic (exact) mass is 432 g/mol. The highest BCUT2D eigenvalue weighted by Crippen LogP contribution is 2.41. The van der Waals surface area contributed by atoms with Gasteiger partial charge in [-0.3, -0.25) is 19.5 Å². The molecule has 0 radical (unpaired) electrons. The van der Waals surface area contributed by atoms with Crippen LogP contribution in [0.3, 0.4) is 0 Å². The molecule has 0 aliphatic carbocycles. The van der Waals surface area contributed by atoms with Crippen molar-refractivity contribution in [2.24, 2.45) is 0 Å². The number of carbonyl (C=O) groups is 3. The maximum atomic E-state index is 13.1. The van der Waals surface area contributed by atoms with Gasteiger partial charge in [0.1, 0.15) is 0 Å². The van der Waals surface area contributed by atoms with Crippen LogP contribution in [-0.4, -0.2) is 34.4 Å². The normalized spacial score (nSPS) is 15.8. The first kappa shape index (κ1) is 21.0. The van der Waals surface area contributed by atoms with Gasteiger partial charge in [-0.15, -0.1) is 0 Å². The minimum Gasteiger partial charge on any atom is -0.503 e. The fourth-order valence-corrected chi connectivity index (χ4v) is 3.56. The Balaban J connectivity index is 1.80. The smallest absolute Gasteiger partial charge is 0.338 e. The zero-order valence-electron chi connectivity index (χ0n) is 17.2. The Kier molecular flexibility index (Phi) is 5.85. The van der Waals surface area contributed by atoms with E-state index in [1.165, 1.54) is 29.5 Å². The Labute approximate surface area is 183 Å². The molecule has 8 heteroatoms. The molecule has 1 aliphatic heterocycles. The van der Waals surface area contributed by atoms with Crippen LogP contribution in [0.4, 0.5) is 5.69 Å². The Morgan fingerprint density at radius 3 is 2.72 bits per heavy atom. The van der Waals surface area contributed by atoms with Crippen LogP contribution in [0.15, 0.2) is 82.9 Å². The molecule has 1 aliphatic rings. The largest absolute Gasteiger partial charge is 0.503 e. The number of aromatic nitrogens is 1. The van der Waals surface area contributed by atoms with Crippen molar-refractivity contribution in [3.8, 4) is 0 Å². The Bertz CT molecular complexity index is 1180. The number of anilines is 1. The van der Waals surface area contributed by atoms with Gasteiger partial charge in [-0.05, 0) is 48.4 Å². The van der Waals surface area contributed by atoms with Crippen LogP contribution in [0.5, 0.6) is 0 Å². The maximum Gasteiger partial charge on any atom is 0.338 e. The van der Waals surface area contributed by atoms with Crippen molar-refractivity contribution in [1.82, 2.24) is 4.98 Å². The summed E-state index contributed by atoms with van der Waals surface area (Å²) in [4.78, 5) is 43.9. The number of pyridine rings is 1. The van der Waals surface area contributed by atoms with E-state index >= 15 is 0 Å². The van der Waals surface area contributed by atoms with Crippen molar-refractivity contribution in [3.05, 3.63) is 95.4 Å². The number of carbonyl (C=O) groups excluding carboxylic acids is 3. The molecule has 1 atom stereocenters. The molecule has 2 aromatic heterocycles. The second kappa shape index (κ2) is 8.89.